The summed E-state index contributed by atoms with van der Waals surface area (Å²) in [6.45, 7) is 23.8. The molecule has 16 rings (SSSR count). The molecule has 0 aromatic carbocycles. The summed E-state index contributed by atoms with van der Waals surface area (Å²) >= 11 is 26.2. The van der Waals surface area contributed by atoms with E-state index in [-0.39, 0.29) is 39.0 Å². The Bertz CT molecular complexity index is 4410. The van der Waals surface area contributed by atoms with E-state index >= 15 is 0 Å². The lowest BCUT2D eigenvalue weighted by molar-refractivity contribution is 0.311. The maximum atomic E-state index is 6.65. The predicted molar refractivity (Wildman–Crippen MR) is 402 cm³/mol. The van der Waals surface area contributed by atoms with Gasteiger partial charge in [0.2, 0.25) is 128 Å². The van der Waals surface area contributed by atoms with Crippen molar-refractivity contribution in [3.05, 3.63) is 32.8 Å². The number of hydrogen-bond donors (Lipinski definition) is 3. The number of halogens is 4. The molecule has 16 heterocycles. The minimum Gasteiger partial charge on any atom is -0.368 e. The van der Waals surface area contributed by atoms with Crippen LogP contribution in [0.2, 0.25) is 21.1 Å². The molecule has 0 saturated carbocycles. The van der Waals surface area contributed by atoms with E-state index in [1.165, 1.54) is 0 Å². The fourth-order valence-corrected chi connectivity index (χ4v) is 14.5. The fraction of sp³-hybridized carbons (Fsp3) is 0.593. The van der Waals surface area contributed by atoms with Crippen LogP contribution in [-0.4, -0.2) is 341 Å². The van der Waals surface area contributed by atoms with Gasteiger partial charge >= 0.3 is 0 Å². The summed E-state index contributed by atoms with van der Waals surface area (Å²) in [7, 11) is 2.11. The zero-order valence-electron chi connectivity index (χ0n) is 58.8. The maximum Gasteiger partial charge on any atom is 0.232 e. The third-order valence-electron chi connectivity index (χ3n) is 19.8. The Labute approximate surface area is 628 Å². The van der Waals surface area contributed by atoms with Crippen molar-refractivity contribution in [1.82, 2.24) is 125 Å². The quantitative estimate of drug-likeness (QED) is 0.102. The van der Waals surface area contributed by atoms with Crippen LogP contribution in [0.5, 0.6) is 0 Å². The number of rotatable bonds is 15. The molecule has 6 N–H and O–H groups in total. The summed E-state index contributed by atoms with van der Waals surface area (Å²) < 4.78 is 0. The van der Waals surface area contributed by atoms with Gasteiger partial charge in [0, 0.05) is 209 Å². The van der Waals surface area contributed by atoms with E-state index in [0.29, 0.717) is 284 Å². The molecule has 0 amide bonds. The third kappa shape index (κ3) is 15.8. The van der Waals surface area contributed by atoms with Gasteiger partial charge in [-0.1, -0.05) is 0 Å². The normalized spacial score (nSPS) is 19.0. The van der Waals surface area contributed by atoms with Gasteiger partial charge in [-0.25, -0.2) is 4.98 Å². The van der Waals surface area contributed by atoms with Crippen LogP contribution in [0.15, 0.2) is 0 Å². The van der Waals surface area contributed by atoms with Crippen molar-refractivity contribution in [2.45, 2.75) is 13.8 Å². The van der Waals surface area contributed by atoms with Crippen LogP contribution in [0.3, 0.4) is 0 Å². The van der Waals surface area contributed by atoms with E-state index in [1.807, 2.05) is 13.8 Å². The van der Waals surface area contributed by atoms with Gasteiger partial charge < -0.3 is 95.6 Å². The molecule has 106 heavy (non-hydrogen) atoms. The van der Waals surface area contributed by atoms with Gasteiger partial charge in [-0.3, -0.25) is 0 Å². The van der Waals surface area contributed by atoms with Gasteiger partial charge in [0.1, 0.15) is 11.6 Å². The predicted octanol–water partition coefficient (Wildman–Crippen LogP) is -1.82. The molecule has 0 spiro atoms. The second-order valence-electron chi connectivity index (χ2n) is 26.5. The van der Waals surface area contributed by atoms with Crippen molar-refractivity contribution in [1.29, 1.82) is 0 Å². The molecular weight excluding hydrogens is 1450 g/mol. The van der Waals surface area contributed by atoms with Crippen molar-refractivity contribution in [3.63, 3.8) is 0 Å². The number of nitrogens with zero attached hydrogens (tertiary/aromatic N) is 40. The van der Waals surface area contributed by atoms with Crippen LogP contribution < -0.4 is 90.7 Å². The molecule has 0 unspecified atom stereocenters. The fourth-order valence-electron chi connectivity index (χ4n) is 13.9. The topological polar surface area (TPSA) is 439 Å². The molecule has 8 aromatic rings. The van der Waals surface area contributed by atoms with Crippen molar-refractivity contribution >= 4 is 153 Å². The largest absolute Gasteiger partial charge is 0.368 e. The van der Waals surface area contributed by atoms with E-state index in [1.54, 1.807) is 0 Å². The molecule has 8 aliphatic rings. The zero-order valence-corrected chi connectivity index (χ0v) is 61.8. The highest BCUT2D eigenvalue weighted by atomic mass is 35.5. The summed E-state index contributed by atoms with van der Waals surface area (Å²) in [6.07, 6.45) is 0. The minimum atomic E-state index is 0.0984. The van der Waals surface area contributed by atoms with Crippen LogP contribution in [0.1, 0.15) is 11.6 Å². The standard InChI is InChI=1S/C59H79Cl4N43/c1-36-67-37(2)69-45(68-36)93-8-10-94(11-9-93)48-72-39(61)73-49(85-48)96-14-26-102(27-15-96)56-80-43(65)81-57(89-56)104-30-18-98(19-31-104)52-76-41(63)77-53(87-52)100-22-34-106(35-23-100)59-83-44(66)82-58(90-59)105-32-20-99(21-33-105)51-75-40(62)74-50(86-51)97-16-28-103(29-17-97)55-79-42(64)78-54(88-55)101-24-12-95(13-25-101)47-71-38(60)70-46(84-47)92-6-4-91(3)5-7-92/h4-35H2,1-3H3,(H2,64,78,79,88)(H2,65,80,81,89)(H2,66,82,83,90). The third-order valence-corrected chi connectivity index (χ3v) is 20.5. The summed E-state index contributed by atoms with van der Waals surface area (Å²) in [4.78, 5) is 145. The van der Waals surface area contributed by atoms with Gasteiger partial charge in [-0.05, 0) is 67.3 Å². The van der Waals surface area contributed by atoms with E-state index in [0.717, 1.165) is 26.2 Å². The summed E-state index contributed by atoms with van der Waals surface area (Å²) in [5, 5.41) is 0.515. The van der Waals surface area contributed by atoms with E-state index < -0.39 is 0 Å². The number of piperazine rings is 8. The van der Waals surface area contributed by atoms with Crippen molar-refractivity contribution in [2.75, 3.05) is 307 Å². The number of nitrogens with two attached hydrogens (primary N) is 3. The molecule has 8 aromatic heterocycles. The first-order valence-corrected chi connectivity index (χ1v) is 36.8. The molecule has 0 bridgehead atoms. The first-order chi connectivity index (χ1) is 51.4. The molecular formula is C59H79Cl4N43. The second-order valence-corrected chi connectivity index (χ2v) is 27.9. The molecule has 0 aliphatic carbocycles. The number of hydrogen-bond acceptors (Lipinski definition) is 43. The Morgan fingerprint density at radius 3 is 0.453 bits per heavy atom. The lowest BCUT2D eigenvalue weighted by Gasteiger charge is -2.38. The number of anilines is 18. The minimum absolute atomic E-state index is 0.0984. The number of aryl methyl sites for hydroxylation is 2. The first kappa shape index (κ1) is 69.9. The smallest absolute Gasteiger partial charge is 0.232 e. The Balaban J connectivity index is 0.482. The Hall–Kier alpha value is -10.4. The molecule has 0 atom stereocenters. The van der Waals surface area contributed by atoms with Crippen molar-refractivity contribution in [2.24, 2.45) is 0 Å². The molecule has 43 nitrogen and oxygen atoms in total. The van der Waals surface area contributed by atoms with Gasteiger partial charge in [-0.15, -0.1) is 0 Å². The Morgan fingerprint density at radius 2 is 0.302 bits per heavy atom. The van der Waals surface area contributed by atoms with Gasteiger partial charge in [-0.2, -0.15) is 115 Å². The molecule has 8 aliphatic heterocycles. The molecule has 0 radical (unpaired) electrons. The first-order valence-electron chi connectivity index (χ1n) is 35.3. The maximum absolute atomic E-state index is 6.65. The van der Waals surface area contributed by atoms with Crippen molar-refractivity contribution in [3.8, 4) is 0 Å². The summed E-state index contributed by atoms with van der Waals surface area (Å²) in [6, 6.07) is 0. The highest BCUT2D eigenvalue weighted by Gasteiger charge is 2.34. The summed E-state index contributed by atoms with van der Waals surface area (Å²) in [5.41, 5.74) is 19.1. The lowest BCUT2D eigenvalue weighted by atomic mass is 10.3. The second kappa shape index (κ2) is 30.2. The molecule has 47 heteroatoms. The van der Waals surface area contributed by atoms with Crippen LogP contribution in [-0.2, 0) is 0 Å². The van der Waals surface area contributed by atoms with E-state index in [2.05, 4.69) is 170 Å². The average molecular weight is 1530 g/mol. The average Bonchev–Trinajstić information content (AvgIpc) is 0.814. The van der Waals surface area contributed by atoms with Gasteiger partial charge in [0.25, 0.3) is 0 Å². The van der Waals surface area contributed by atoms with Crippen LogP contribution in [0, 0.1) is 13.8 Å². The monoisotopic (exact) mass is 1530 g/mol. The van der Waals surface area contributed by atoms with Crippen LogP contribution in [0.4, 0.5) is 107 Å². The van der Waals surface area contributed by atoms with Gasteiger partial charge in [0.15, 0.2) is 0 Å². The number of aromatic nitrogens is 24. The molecule has 8 fully saturated rings. The SMILES string of the molecule is Cc1nc(C)nc(N2CCN(c3nc(Cl)nc(N4CCN(c5nc(N)nc(N6CCN(c7nc(Cl)nc(N8CCN(c9nc(N)nc(N%10CCN(c%11nc(Cl)nc(N%12CCN(c%13nc(N)nc(N%14CCN(c%15nc(Cl)nc(N%16CCN(C)CC%16)n%15)CC%14)n%13)CC%12)n%11)CC%10)n9)CC8)n7)CC6)n5)CC4)n3)CC2)n1. The molecule has 558 valence electrons. The Kier molecular flexibility index (Phi) is 19.9. The lowest BCUT2D eigenvalue weighted by Crippen LogP contribution is -2.50. The number of nitrogen functional groups attached to an aromatic ring is 3. The van der Waals surface area contributed by atoms with E-state index in [9.17, 15) is 0 Å². The van der Waals surface area contributed by atoms with Crippen LogP contribution in [0.25, 0.3) is 0 Å². The van der Waals surface area contributed by atoms with E-state index in [4.69, 9.17) is 98.5 Å². The highest BCUT2D eigenvalue weighted by Crippen LogP contribution is 2.30. The number of likely N-dealkylation sites (N-methyl/N-ethyl adjacent to an activating group) is 1. The molecule has 8 saturated heterocycles. The Morgan fingerprint density at radius 1 is 0.179 bits per heavy atom. The van der Waals surface area contributed by atoms with Gasteiger partial charge in [0.05, 0.1) is 0 Å². The van der Waals surface area contributed by atoms with Crippen LogP contribution >= 0.6 is 46.4 Å². The highest BCUT2D eigenvalue weighted by molar-refractivity contribution is 6.29. The van der Waals surface area contributed by atoms with Crippen molar-refractivity contribution < 1.29 is 0 Å². The zero-order chi connectivity index (χ0) is 72.7. The summed E-state index contributed by atoms with van der Waals surface area (Å²) in [5.74, 6) is 9.55.